The van der Waals surface area contributed by atoms with E-state index in [2.05, 4.69) is 27.4 Å². The molecule has 6 nitrogen and oxygen atoms in total. The molecule has 2 atom stereocenters. The molecule has 3 aromatic rings. The van der Waals surface area contributed by atoms with Crippen molar-refractivity contribution in [3.63, 3.8) is 0 Å². The molecule has 3 heterocycles. The van der Waals surface area contributed by atoms with Crippen molar-refractivity contribution in [3.8, 4) is 0 Å². The van der Waals surface area contributed by atoms with Gasteiger partial charge in [-0.2, -0.15) is 18.3 Å². The number of nitrogens with zero attached hydrogens (tertiary/aromatic N) is 4. The molecule has 1 aromatic heterocycles. The third-order valence-electron chi connectivity index (χ3n) is 6.80. The summed E-state index contributed by atoms with van der Waals surface area (Å²) in [7, 11) is 0. The van der Waals surface area contributed by atoms with Gasteiger partial charge < -0.3 is 10.2 Å². The summed E-state index contributed by atoms with van der Waals surface area (Å²) in [5, 5.41) is 7.30. The maximum Gasteiger partial charge on any atom is 0.410 e. The molecule has 0 bridgehead atoms. The minimum atomic E-state index is -4.48. The van der Waals surface area contributed by atoms with E-state index in [1.54, 1.807) is 4.90 Å². The molecule has 0 radical (unpaired) electrons. The summed E-state index contributed by atoms with van der Waals surface area (Å²) < 4.78 is 42.8. The molecule has 1 saturated heterocycles. The van der Waals surface area contributed by atoms with Crippen molar-refractivity contribution >= 4 is 11.7 Å². The Balaban J connectivity index is 1.30. The topological polar surface area (TPSA) is 53.4 Å². The zero-order valence-corrected chi connectivity index (χ0v) is 19.5. The first-order valence-electron chi connectivity index (χ1n) is 11.8. The molecule has 1 fully saturated rings. The molecule has 0 spiro atoms. The SMILES string of the molecule is Cc1ccc([C@@H]2C[C@H](C(F)(F)F)n3nc(C(=O)N4CCN(Cc5ccccc5)CC4)cc3N2)cc1. The van der Waals surface area contributed by atoms with Crippen LogP contribution in [0.25, 0.3) is 0 Å². The summed E-state index contributed by atoms with van der Waals surface area (Å²) in [6, 6.07) is 16.7. The lowest BCUT2D eigenvalue weighted by molar-refractivity contribution is -0.173. The predicted octanol–water partition coefficient (Wildman–Crippen LogP) is 4.81. The number of piperazine rings is 1. The molecule has 0 unspecified atom stereocenters. The van der Waals surface area contributed by atoms with Crippen LogP contribution in [0.3, 0.4) is 0 Å². The van der Waals surface area contributed by atoms with Crippen LogP contribution in [0.15, 0.2) is 60.7 Å². The number of aryl methyl sites for hydroxylation is 1. The average molecular weight is 484 g/mol. The Hall–Kier alpha value is -3.33. The zero-order chi connectivity index (χ0) is 24.6. The molecule has 0 aliphatic carbocycles. The Bertz CT molecular complexity index is 1170. The van der Waals surface area contributed by atoms with Crippen LogP contribution in [-0.4, -0.2) is 57.8 Å². The first kappa shape index (κ1) is 23.4. The van der Waals surface area contributed by atoms with Gasteiger partial charge in [0.2, 0.25) is 0 Å². The van der Waals surface area contributed by atoms with Crippen molar-refractivity contribution in [2.24, 2.45) is 0 Å². The summed E-state index contributed by atoms with van der Waals surface area (Å²) in [4.78, 5) is 17.1. The normalized spacial score (nSPS) is 20.9. The van der Waals surface area contributed by atoms with Crippen LogP contribution in [0.1, 0.15) is 45.7 Å². The summed E-state index contributed by atoms with van der Waals surface area (Å²) in [5.74, 6) is -0.115. The van der Waals surface area contributed by atoms with Gasteiger partial charge in [0.05, 0.1) is 6.04 Å². The molecule has 5 rings (SSSR count). The lowest BCUT2D eigenvalue weighted by Gasteiger charge is -2.34. The fourth-order valence-corrected chi connectivity index (χ4v) is 4.81. The monoisotopic (exact) mass is 483 g/mol. The highest BCUT2D eigenvalue weighted by atomic mass is 19.4. The number of fused-ring (bicyclic) bond motifs is 1. The Morgan fingerprint density at radius 3 is 2.37 bits per heavy atom. The summed E-state index contributed by atoms with van der Waals surface area (Å²) in [6.45, 7) is 5.16. The van der Waals surface area contributed by atoms with Crippen LogP contribution in [0.5, 0.6) is 0 Å². The number of aromatic nitrogens is 2. The highest BCUT2D eigenvalue weighted by Crippen LogP contribution is 2.43. The van der Waals surface area contributed by atoms with Crippen molar-refractivity contribution in [2.45, 2.75) is 38.1 Å². The van der Waals surface area contributed by atoms with Crippen LogP contribution >= 0.6 is 0 Å². The standard InChI is InChI=1S/C26H28F3N5O/c1-18-7-9-20(10-8-18)21-15-23(26(27,28)29)34-24(30-21)16-22(31-34)25(35)33-13-11-32(12-14-33)17-19-5-3-2-4-6-19/h2-10,16,21,23,30H,11-15,17H2,1H3/t21-,23+/m0/s1. The van der Waals surface area contributed by atoms with Crippen LogP contribution < -0.4 is 5.32 Å². The summed E-state index contributed by atoms with van der Waals surface area (Å²) in [5.41, 5.74) is 3.07. The predicted molar refractivity (Wildman–Crippen MR) is 127 cm³/mol. The fourth-order valence-electron chi connectivity index (χ4n) is 4.81. The molecule has 2 aliphatic heterocycles. The molecule has 2 aromatic carbocycles. The number of carbonyl (C=O) groups excluding carboxylic acids is 1. The number of hydrogen-bond acceptors (Lipinski definition) is 4. The first-order valence-corrected chi connectivity index (χ1v) is 11.8. The summed E-state index contributed by atoms with van der Waals surface area (Å²) >= 11 is 0. The molecular weight excluding hydrogens is 455 g/mol. The van der Waals surface area contributed by atoms with Crippen molar-refractivity contribution < 1.29 is 18.0 Å². The third-order valence-corrected chi connectivity index (χ3v) is 6.80. The summed E-state index contributed by atoms with van der Waals surface area (Å²) in [6.07, 6.45) is -4.66. The number of halogens is 3. The number of alkyl halides is 3. The minimum Gasteiger partial charge on any atom is -0.363 e. The maximum atomic E-state index is 14.0. The van der Waals surface area contributed by atoms with E-state index in [1.165, 1.54) is 11.6 Å². The van der Waals surface area contributed by atoms with Crippen molar-refractivity contribution in [2.75, 3.05) is 31.5 Å². The van der Waals surface area contributed by atoms with Crippen LogP contribution in [-0.2, 0) is 6.54 Å². The molecule has 1 amide bonds. The van der Waals surface area contributed by atoms with Gasteiger partial charge in [-0.3, -0.25) is 9.69 Å². The number of carbonyl (C=O) groups is 1. The average Bonchev–Trinajstić information content (AvgIpc) is 3.28. The molecule has 9 heteroatoms. The van der Waals surface area contributed by atoms with E-state index in [0.29, 0.717) is 26.2 Å². The van der Waals surface area contributed by atoms with Gasteiger partial charge in [0.15, 0.2) is 11.7 Å². The second-order valence-corrected chi connectivity index (χ2v) is 9.31. The van der Waals surface area contributed by atoms with E-state index in [-0.39, 0.29) is 23.8 Å². The van der Waals surface area contributed by atoms with Gasteiger partial charge >= 0.3 is 6.18 Å². The number of rotatable bonds is 4. The lowest BCUT2D eigenvalue weighted by Crippen LogP contribution is -2.48. The highest BCUT2D eigenvalue weighted by molar-refractivity contribution is 5.93. The number of hydrogen-bond donors (Lipinski definition) is 1. The fraction of sp³-hybridized carbons (Fsp3) is 0.385. The molecule has 2 aliphatic rings. The quantitative estimate of drug-likeness (QED) is 0.579. The van der Waals surface area contributed by atoms with Crippen LogP contribution in [0.2, 0.25) is 0 Å². The molecule has 0 saturated carbocycles. The van der Waals surface area contributed by atoms with Gasteiger partial charge in [0.25, 0.3) is 5.91 Å². The van der Waals surface area contributed by atoms with Gasteiger partial charge in [-0.05, 0) is 18.1 Å². The first-order chi connectivity index (χ1) is 16.8. The van der Waals surface area contributed by atoms with Crippen LogP contribution in [0.4, 0.5) is 19.0 Å². The smallest absolute Gasteiger partial charge is 0.363 e. The highest BCUT2D eigenvalue weighted by Gasteiger charge is 2.47. The lowest BCUT2D eigenvalue weighted by atomic mass is 9.96. The largest absolute Gasteiger partial charge is 0.410 e. The second-order valence-electron chi connectivity index (χ2n) is 9.31. The number of anilines is 1. The minimum absolute atomic E-state index is 0.0443. The van der Waals surface area contributed by atoms with Gasteiger partial charge in [0, 0.05) is 45.2 Å². The van der Waals surface area contributed by atoms with Crippen molar-refractivity contribution in [1.82, 2.24) is 19.6 Å². The number of nitrogens with one attached hydrogen (secondary N) is 1. The number of benzene rings is 2. The molecule has 1 N–H and O–H groups in total. The van der Waals surface area contributed by atoms with E-state index >= 15 is 0 Å². The Kier molecular flexibility index (Phi) is 6.27. The third kappa shape index (κ3) is 5.05. The Morgan fingerprint density at radius 2 is 1.71 bits per heavy atom. The molecule has 35 heavy (non-hydrogen) atoms. The van der Waals surface area contributed by atoms with Crippen molar-refractivity contribution in [1.29, 1.82) is 0 Å². The van der Waals surface area contributed by atoms with E-state index < -0.39 is 18.3 Å². The van der Waals surface area contributed by atoms with Crippen LogP contribution in [0, 0.1) is 6.92 Å². The number of amides is 1. The van der Waals surface area contributed by atoms with Gasteiger partial charge in [0.1, 0.15) is 5.82 Å². The molecular formula is C26H28F3N5O. The van der Waals surface area contributed by atoms with Gasteiger partial charge in [-0.15, -0.1) is 0 Å². The van der Waals surface area contributed by atoms with Gasteiger partial charge in [-0.1, -0.05) is 60.2 Å². The Morgan fingerprint density at radius 1 is 1.03 bits per heavy atom. The maximum absolute atomic E-state index is 14.0. The van der Waals surface area contributed by atoms with Crippen molar-refractivity contribution in [3.05, 3.63) is 83.0 Å². The zero-order valence-electron chi connectivity index (χ0n) is 19.5. The Labute approximate surface area is 202 Å². The van der Waals surface area contributed by atoms with E-state index in [1.807, 2.05) is 49.4 Å². The van der Waals surface area contributed by atoms with E-state index in [0.717, 1.165) is 22.4 Å². The second kappa shape index (κ2) is 9.37. The molecule has 184 valence electrons. The van der Waals surface area contributed by atoms with E-state index in [4.69, 9.17) is 0 Å². The van der Waals surface area contributed by atoms with E-state index in [9.17, 15) is 18.0 Å². The van der Waals surface area contributed by atoms with Gasteiger partial charge in [-0.25, -0.2) is 4.68 Å².